The van der Waals surface area contributed by atoms with Crippen molar-refractivity contribution in [1.29, 1.82) is 0 Å². The second-order valence-electron chi connectivity index (χ2n) is 6.40. The van der Waals surface area contributed by atoms with E-state index in [9.17, 15) is 4.79 Å². The van der Waals surface area contributed by atoms with E-state index in [4.69, 9.17) is 5.73 Å². The molecule has 0 aromatic heterocycles. The van der Waals surface area contributed by atoms with Crippen LogP contribution in [0.25, 0.3) is 0 Å². The van der Waals surface area contributed by atoms with E-state index in [1.807, 2.05) is 42.5 Å². The maximum atomic E-state index is 12.4. The molecule has 1 aliphatic rings. The molecular formula is C20H29Cl3N4O. The van der Waals surface area contributed by atoms with Crippen molar-refractivity contribution in [2.24, 2.45) is 0 Å². The summed E-state index contributed by atoms with van der Waals surface area (Å²) in [5.41, 5.74) is 9.34. The number of hydrogen-bond acceptors (Lipinski definition) is 4. The number of benzene rings is 2. The highest BCUT2D eigenvalue weighted by Crippen LogP contribution is 2.26. The highest BCUT2D eigenvalue weighted by Gasteiger charge is 2.18. The van der Waals surface area contributed by atoms with Crippen LogP contribution in [0.3, 0.4) is 0 Å². The maximum absolute atomic E-state index is 12.4. The Morgan fingerprint density at radius 3 is 2.18 bits per heavy atom. The number of carbonyl (C=O) groups excluding carboxylic acids is 1. The molecule has 1 heterocycles. The molecule has 0 unspecified atom stereocenters. The summed E-state index contributed by atoms with van der Waals surface area (Å²) < 4.78 is 0. The molecule has 28 heavy (non-hydrogen) atoms. The van der Waals surface area contributed by atoms with Crippen LogP contribution in [-0.2, 0) is 11.2 Å². The minimum atomic E-state index is -0.00980. The van der Waals surface area contributed by atoms with Gasteiger partial charge in [0.25, 0.3) is 0 Å². The monoisotopic (exact) mass is 446 g/mol. The van der Waals surface area contributed by atoms with Gasteiger partial charge in [-0.05, 0) is 36.4 Å². The highest BCUT2D eigenvalue weighted by atomic mass is 35.5. The van der Waals surface area contributed by atoms with Crippen molar-refractivity contribution >= 4 is 60.2 Å². The summed E-state index contributed by atoms with van der Waals surface area (Å²) >= 11 is 0. The van der Waals surface area contributed by atoms with Gasteiger partial charge in [-0.1, -0.05) is 31.2 Å². The average Bonchev–Trinajstić information content (AvgIpc) is 2.64. The number of nitrogens with one attached hydrogen (secondary N) is 1. The first-order valence-corrected chi connectivity index (χ1v) is 8.86. The Labute approximate surface area is 185 Å². The number of nitrogens with zero attached hydrogens (tertiary/aromatic N) is 2. The van der Waals surface area contributed by atoms with Crippen molar-refractivity contribution in [2.75, 3.05) is 48.7 Å². The number of halogens is 3. The maximum Gasteiger partial charge on any atom is 0.228 e. The summed E-state index contributed by atoms with van der Waals surface area (Å²) in [5, 5.41) is 3.07. The molecule has 0 aliphatic carbocycles. The third-order valence-electron chi connectivity index (χ3n) is 4.68. The molecule has 0 saturated carbocycles. The molecule has 2 aromatic carbocycles. The molecule has 0 bridgehead atoms. The van der Waals surface area contributed by atoms with E-state index in [2.05, 4.69) is 28.1 Å². The van der Waals surface area contributed by atoms with Crippen molar-refractivity contribution in [2.45, 2.75) is 13.3 Å². The molecular weight excluding hydrogens is 419 g/mol. The lowest BCUT2D eigenvalue weighted by Gasteiger charge is -2.36. The van der Waals surface area contributed by atoms with Gasteiger partial charge in [0.05, 0.1) is 17.8 Å². The van der Waals surface area contributed by atoms with Gasteiger partial charge in [0.1, 0.15) is 0 Å². The van der Waals surface area contributed by atoms with E-state index in [0.717, 1.165) is 49.7 Å². The molecule has 0 radical (unpaired) electrons. The number of nitrogen functional groups attached to an aromatic ring is 1. The first-order valence-electron chi connectivity index (χ1n) is 8.86. The van der Waals surface area contributed by atoms with Crippen molar-refractivity contribution < 1.29 is 4.79 Å². The van der Waals surface area contributed by atoms with E-state index in [1.165, 1.54) is 0 Å². The Bertz CT molecular complexity index is 720. The summed E-state index contributed by atoms with van der Waals surface area (Å²) in [5.74, 6) is -0.00980. The molecule has 0 spiro atoms. The number of carbonyl (C=O) groups is 1. The van der Waals surface area contributed by atoms with Gasteiger partial charge >= 0.3 is 0 Å². The van der Waals surface area contributed by atoms with E-state index in [-0.39, 0.29) is 43.1 Å². The summed E-state index contributed by atoms with van der Waals surface area (Å²) in [6.45, 7) is 7.38. The smallest absolute Gasteiger partial charge is 0.228 e. The minimum absolute atomic E-state index is 0. The van der Waals surface area contributed by atoms with Crippen LogP contribution in [0.15, 0.2) is 48.5 Å². The van der Waals surface area contributed by atoms with Gasteiger partial charge in [-0.25, -0.2) is 0 Å². The van der Waals surface area contributed by atoms with Gasteiger partial charge in [0.2, 0.25) is 5.91 Å². The van der Waals surface area contributed by atoms with Crippen LogP contribution in [0, 0.1) is 0 Å². The van der Waals surface area contributed by atoms with Crippen molar-refractivity contribution in [3.63, 3.8) is 0 Å². The van der Waals surface area contributed by atoms with Crippen LogP contribution in [0.1, 0.15) is 12.5 Å². The number of piperazine rings is 1. The molecule has 3 N–H and O–H groups in total. The van der Waals surface area contributed by atoms with Crippen LogP contribution >= 0.6 is 37.2 Å². The quantitative estimate of drug-likeness (QED) is 0.683. The average molecular weight is 448 g/mol. The van der Waals surface area contributed by atoms with Gasteiger partial charge in [-0.3, -0.25) is 4.79 Å². The third-order valence-corrected chi connectivity index (χ3v) is 4.68. The molecule has 1 amide bonds. The summed E-state index contributed by atoms with van der Waals surface area (Å²) in [7, 11) is 0. The Kier molecular flexibility index (Phi) is 12.0. The van der Waals surface area contributed by atoms with Crippen molar-refractivity contribution in [3.05, 3.63) is 54.1 Å². The number of para-hydroxylation sites is 2. The highest BCUT2D eigenvalue weighted by molar-refractivity contribution is 5.95. The molecule has 1 aliphatic heterocycles. The number of hydrogen-bond donors (Lipinski definition) is 2. The molecule has 2 aromatic rings. The fraction of sp³-hybridized carbons (Fsp3) is 0.350. The molecule has 3 rings (SSSR count). The lowest BCUT2D eigenvalue weighted by molar-refractivity contribution is -0.115. The van der Waals surface area contributed by atoms with Gasteiger partial charge in [-0.2, -0.15) is 0 Å². The molecule has 0 atom stereocenters. The third kappa shape index (κ3) is 7.06. The Morgan fingerprint density at radius 2 is 1.57 bits per heavy atom. The minimum Gasteiger partial charge on any atom is -0.399 e. The number of nitrogens with two attached hydrogens (primary N) is 1. The van der Waals surface area contributed by atoms with Crippen LogP contribution in [0.2, 0.25) is 0 Å². The Hall–Kier alpha value is -1.66. The summed E-state index contributed by atoms with van der Waals surface area (Å²) in [6, 6.07) is 15.5. The molecule has 8 heteroatoms. The first-order chi connectivity index (χ1) is 12.2. The fourth-order valence-corrected chi connectivity index (χ4v) is 3.18. The topological polar surface area (TPSA) is 61.6 Å². The molecule has 156 valence electrons. The molecule has 1 saturated heterocycles. The van der Waals surface area contributed by atoms with Crippen molar-refractivity contribution in [3.8, 4) is 0 Å². The number of likely N-dealkylation sites (N-methyl/N-ethyl adjacent to an activating group) is 1. The SMILES string of the molecule is CCN1CCN(c2ccccc2NC(=O)Cc2ccc(N)cc2)CC1.Cl.Cl.Cl. The predicted octanol–water partition coefficient (Wildman–Crippen LogP) is 3.86. The zero-order valence-electron chi connectivity index (χ0n) is 16.0. The first kappa shape index (κ1) is 26.3. The largest absolute Gasteiger partial charge is 0.399 e. The number of amides is 1. The lowest BCUT2D eigenvalue weighted by atomic mass is 10.1. The van der Waals surface area contributed by atoms with Gasteiger partial charge in [-0.15, -0.1) is 37.2 Å². The van der Waals surface area contributed by atoms with Crippen LogP contribution in [-0.4, -0.2) is 43.5 Å². The van der Waals surface area contributed by atoms with E-state index < -0.39 is 0 Å². The van der Waals surface area contributed by atoms with Gasteiger partial charge in [0.15, 0.2) is 0 Å². The van der Waals surface area contributed by atoms with Crippen LogP contribution in [0.4, 0.5) is 17.1 Å². The van der Waals surface area contributed by atoms with Crippen LogP contribution in [0.5, 0.6) is 0 Å². The number of anilines is 3. The Balaban J connectivity index is 0.00000243. The normalized spacial score (nSPS) is 13.5. The second kappa shape index (κ2) is 12.7. The van der Waals surface area contributed by atoms with E-state index in [0.29, 0.717) is 12.1 Å². The van der Waals surface area contributed by atoms with Crippen LogP contribution < -0.4 is 16.0 Å². The zero-order chi connectivity index (χ0) is 17.6. The fourth-order valence-electron chi connectivity index (χ4n) is 3.18. The number of rotatable bonds is 5. The molecule has 1 fully saturated rings. The Morgan fingerprint density at radius 1 is 0.964 bits per heavy atom. The standard InChI is InChI=1S/C20H26N4O.3ClH/c1-2-23-11-13-24(14-12-23)19-6-4-3-5-18(19)22-20(25)15-16-7-9-17(21)10-8-16;;;/h3-10H,2,11-15,21H2,1H3,(H,22,25);3*1H. The predicted molar refractivity (Wildman–Crippen MR) is 126 cm³/mol. The lowest BCUT2D eigenvalue weighted by Crippen LogP contribution is -2.46. The van der Waals surface area contributed by atoms with Gasteiger partial charge < -0.3 is 20.9 Å². The summed E-state index contributed by atoms with van der Waals surface area (Å²) in [4.78, 5) is 17.2. The van der Waals surface area contributed by atoms with Crippen molar-refractivity contribution in [1.82, 2.24) is 4.90 Å². The van der Waals surface area contributed by atoms with E-state index >= 15 is 0 Å². The molecule has 5 nitrogen and oxygen atoms in total. The summed E-state index contributed by atoms with van der Waals surface area (Å²) in [6.07, 6.45) is 0.345. The second-order valence-corrected chi connectivity index (χ2v) is 6.40. The zero-order valence-corrected chi connectivity index (χ0v) is 18.4. The van der Waals surface area contributed by atoms with Gasteiger partial charge in [0, 0.05) is 31.9 Å². The van der Waals surface area contributed by atoms with E-state index in [1.54, 1.807) is 0 Å².